The van der Waals surface area contributed by atoms with Crippen LogP contribution >= 0.6 is 0 Å². The Kier molecular flexibility index (Phi) is 6.39. The smallest absolute Gasteiger partial charge is 0.407 e. The second kappa shape index (κ2) is 9.38. The monoisotopic (exact) mass is 437 g/mol. The van der Waals surface area contributed by atoms with Crippen molar-refractivity contribution in [1.82, 2.24) is 5.32 Å². The Morgan fingerprint density at radius 2 is 1.62 bits per heavy atom. The van der Waals surface area contributed by atoms with E-state index in [2.05, 4.69) is 5.32 Å². The van der Waals surface area contributed by atoms with Gasteiger partial charge in [-0.25, -0.2) is 9.18 Å². The van der Waals surface area contributed by atoms with E-state index in [-0.39, 0.29) is 30.4 Å². The third-order valence-electron chi connectivity index (χ3n) is 5.68. The Bertz CT molecular complexity index is 1070. The minimum atomic E-state index is -1.45. The Hall–Kier alpha value is -3.42. The van der Waals surface area contributed by atoms with Crippen molar-refractivity contribution in [1.29, 1.82) is 0 Å². The summed E-state index contributed by atoms with van der Waals surface area (Å²) in [5.41, 5.74) is 4.53. The van der Waals surface area contributed by atoms with Crippen LogP contribution < -0.4 is 10.1 Å². The summed E-state index contributed by atoms with van der Waals surface area (Å²) in [6.07, 6.45) is -3.55. The van der Waals surface area contributed by atoms with Crippen LogP contribution in [-0.2, 0) is 4.74 Å². The molecule has 0 spiro atoms. The second-order valence-corrected chi connectivity index (χ2v) is 7.58. The third kappa shape index (κ3) is 4.17. The number of nitrogens with one attached hydrogen (secondary N) is 1. The molecule has 4 rings (SSSR count). The third-order valence-corrected chi connectivity index (χ3v) is 5.68. The molecule has 166 valence electrons. The number of amides is 1. The maximum absolute atomic E-state index is 13.8. The van der Waals surface area contributed by atoms with E-state index in [9.17, 15) is 19.4 Å². The summed E-state index contributed by atoms with van der Waals surface area (Å²) in [6, 6.07) is 20.0. The van der Waals surface area contributed by atoms with Gasteiger partial charge in [-0.2, -0.15) is 0 Å². The maximum Gasteiger partial charge on any atom is 0.407 e. The molecule has 1 aliphatic rings. The highest BCUT2D eigenvalue weighted by molar-refractivity contribution is 5.79. The molecule has 0 aliphatic heterocycles. The number of alkyl carbamates (subject to hydrolysis) is 1. The number of hydrogen-bond donors (Lipinski definition) is 3. The van der Waals surface area contributed by atoms with Crippen molar-refractivity contribution in [2.75, 3.05) is 20.3 Å². The molecule has 0 aromatic heterocycles. The molecule has 7 heteroatoms. The summed E-state index contributed by atoms with van der Waals surface area (Å²) in [5, 5.41) is 23.1. The largest absolute Gasteiger partial charge is 0.493 e. The number of benzene rings is 3. The molecule has 0 heterocycles. The van der Waals surface area contributed by atoms with E-state index < -0.39 is 24.1 Å². The molecule has 2 unspecified atom stereocenters. The number of carbonyl (C=O) groups excluding carboxylic acids is 1. The zero-order valence-corrected chi connectivity index (χ0v) is 17.5. The first-order valence-electron chi connectivity index (χ1n) is 10.3. The highest BCUT2D eigenvalue weighted by Gasteiger charge is 2.29. The summed E-state index contributed by atoms with van der Waals surface area (Å²) in [7, 11) is 1.27. The number of methoxy groups -OCH3 is 1. The predicted molar refractivity (Wildman–Crippen MR) is 117 cm³/mol. The standard InChI is InChI=1S/C25H24FNO5/c1-31-24-19(11-6-12-21(24)26)23(29)22(28)13-27-25(30)32-14-20-17-9-4-2-7-15(17)16-8-3-5-10-18(16)20/h2-12,20,22-23,28-29H,13-14H2,1H3,(H,27,30). The molecule has 3 aromatic carbocycles. The van der Waals surface area contributed by atoms with Gasteiger partial charge in [0.15, 0.2) is 11.6 Å². The zero-order chi connectivity index (χ0) is 22.7. The van der Waals surface area contributed by atoms with Crippen molar-refractivity contribution >= 4 is 6.09 Å². The van der Waals surface area contributed by atoms with Crippen LogP contribution in [0.1, 0.15) is 28.7 Å². The van der Waals surface area contributed by atoms with Gasteiger partial charge in [0.1, 0.15) is 18.8 Å². The van der Waals surface area contributed by atoms with Gasteiger partial charge in [0.05, 0.1) is 7.11 Å². The molecule has 3 N–H and O–H groups in total. The Balaban J connectivity index is 1.36. The number of ether oxygens (including phenoxy) is 2. The summed E-state index contributed by atoms with van der Waals surface area (Å²) < 4.78 is 24.2. The average Bonchev–Trinajstić information content (AvgIpc) is 3.14. The quantitative estimate of drug-likeness (QED) is 0.524. The van der Waals surface area contributed by atoms with Crippen molar-refractivity contribution in [3.05, 3.63) is 89.2 Å². The summed E-state index contributed by atoms with van der Waals surface area (Å²) >= 11 is 0. The maximum atomic E-state index is 13.8. The fourth-order valence-corrected chi connectivity index (χ4v) is 4.13. The molecular weight excluding hydrogens is 413 g/mol. The summed E-state index contributed by atoms with van der Waals surface area (Å²) in [4.78, 5) is 12.3. The van der Waals surface area contributed by atoms with Gasteiger partial charge in [-0.05, 0) is 28.3 Å². The van der Waals surface area contributed by atoms with E-state index in [0.29, 0.717) is 0 Å². The van der Waals surface area contributed by atoms with Crippen LogP contribution in [0.3, 0.4) is 0 Å². The molecule has 6 nitrogen and oxygen atoms in total. The van der Waals surface area contributed by atoms with Crippen LogP contribution in [0.15, 0.2) is 66.7 Å². The van der Waals surface area contributed by atoms with E-state index in [4.69, 9.17) is 9.47 Å². The van der Waals surface area contributed by atoms with Gasteiger partial charge in [0.25, 0.3) is 0 Å². The second-order valence-electron chi connectivity index (χ2n) is 7.58. The van der Waals surface area contributed by atoms with E-state index in [1.807, 2.05) is 48.5 Å². The normalized spacial score (nSPS) is 14.2. The Morgan fingerprint density at radius 1 is 1.00 bits per heavy atom. The summed E-state index contributed by atoms with van der Waals surface area (Å²) in [5.74, 6) is -0.888. The van der Waals surface area contributed by atoms with Crippen LogP contribution in [-0.4, -0.2) is 42.7 Å². The SMILES string of the molecule is COc1c(F)cccc1C(O)C(O)CNC(=O)OCC1c2ccccc2-c2ccccc21. The minimum absolute atomic E-state index is 0.0831. The van der Waals surface area contributed by atoms with Gasteiger partial charge in [-0.3, -0.25) is 0 Å². The number of rotatable bonds is 7. The summed E-state index contributed by atoms with van der Waals surface area (Å²) in [6.45, 7) is -0.145. The highest BCUT2D eigenvalue weighted by Crippen LogP contribution is 2.44. The van der Waals surface area contributed by atoms with Crippen molar-refractivity contribution in [2.45, 2.75) is 18.1 Å². The molecule has 3 aromatic rings. The first-order chi connectivity index (χ1) is 15.5. The van der Waals surface area contributed by atoms with Gasteiger partial charge in [-0.1, -0.05) is 60.7 Å². The number of aliphatic hydroxyl groups excluding tert-OH is 2. The molecule has 0 fully saturated rings. The topological polar surface area (TPSA) is 88.0 Å². The number of fused-ring (bicyclic) bond motifs is 3. The zero-order valence-electron chi connectivity index (χ0n) is 17.5. The van der Waals surface area contributed by atoms with Crippen LogP contribution in [0.5, 0.6) is 5.75 Å². The van der Waals surface area contributed by atoms with Crippen LogP contribution in [0.25, 0.3) is 11.1 Å². The molecule has 0 bridgehead atoms. The van der Waals surface area contributed by atoms with Gasteiger partial charge < -0.3 is 25.0 Å². The number of para-hydroxylation sites is 1. The van der Waals surface area contributed by atoms with E-state index in [1.54, 1.807) is 0 Å². The van der Waals surface area contributed by atoms with E-state index in [0.717, 1.165) is 22.3 Å². The molecular formula is C25H24FNO5. The van der Waals surface area contributed by atoms with Gasteiger partial charge >= 0.3 is 6.09 Å². The van der Waals surface area contributed by atoms with Crippen molar-refractivity contribution in [2.24, 2.45) is 0 Å². The fraction of sp³-hybridized carbons (Fsp3) is 0.240. The van der Waals surface area contributed by atoms with Crippen LogP contribution in [0, 0.1) is 5.82 Å². The Labute approximate surface area is 185 Å². The lowest BCUT2D eigenvalue weighted by atomic mass is 9.98. The van der Waals surface area contributed by atoms with Crippen molar-refractivity contribution < 1.29 is 28.9 Å². The first kappa shape index (κ1) is 21.8. The average molecular weight is 437 g/mol. The lowest BCUT2D eigenvalue weighted by Gasteiger charge is -2.21. The molecule has 32 heavy (non-hydrogen) atoms. The fourth-order valence-electron chi connectivity index (χ4n) is 4.13. The van der Waals surface area contributed by atoms with Crippen molar-refractivity contribution in [3.63, 3.8) is 0 Å². The minimum Gasteiger partial charge on any atom is -0.493 e. The van der Waals surface area contributed by atoms with E-state index >= 15 is 0 Å². The predicted octanol–water partition coefficient (Wildman–Crippen LogP) is 3.77. The first-order valence-corrected chi connectivity index (χ1v) is 10.3. The van der Waals surface area contributed by atoms with Crippen LogP contribution in [0.2, 0.25) is 0 Å². The lowest BCUT2D eigenvalue weighted by Crippen LogP contribution is -2.36. The van der Waals surface area contributed by atoms with Gasteiger partial charge in [-0.15, -0.1) is 0 Å². The molecule has 2 atom stereocenters. The van der Waals surface area contributed by atoms with E-state index in [1.165, 1.54) is 25.3 Å². The molecule has 0 saturated heterocycles. The number of halogens is 1. The lowest BCUT2D eigenvalue weighted by molar-refractivity contribution is 0.0170. The van der Waals surface area contributed by atoms with Gasteiger partial charge in [0, 0.05) is 18.0 Å². The number of aliphatic hydroxyl groups is 2. The highest BCUT2D eigenvalue weighted by atomic mass is 19.1. The van der Waals surface area contributed by atoms with Crippen LogP contribution in [0.4, 0.5) is 9.18 Å². The Morgan fingerprint density at radius 3 is 2.25 bits per heavy atom. The molecule has 0 saturated carbocycles. The van der Waals surface area contributed by atoms with Crippen molar-refractivity contribution in [3.8, 4) is 16.9 Å². The molecule has 1 amide bonds. The molecule has 0 radical (unpaired) electrons. The number of hydrogen-bond acceptors (Lipinski definition) is 5. The molecule has 1 aliphatic carbocycles. The number of carbonyl (C=O) groups is 1. The van der Waals surface area contributed by atoms with Gasteiger partial charge in [0.2, 0.25) is 0 Å².